The summed E-state index contributed by atoms with van der Waals surface area (Å²) in [5, 5.41) is 8.91. The molecular weight excluding hydrogens is 266 g/mol. The molecule has 0 spiro atoms. The second-order valence-corrected chi connectivity index (χ2v) is 6.35. The van der Waals surface area contributed by atoms with Gasteiger partial charge in [-0.3, -0.25) is 4.79 Å². The quantitative estimate of drug-likeness (QED) is 0.829. The van der Waals surface area contributed by atoms with Crippen molar-refractivity contribution in [3.05, 3.63) is 30.3 Å². The zero-order valence-electron chi connectivity index (χ0n) is 11.1. The molecule has 1 atom stereocenters. The topological polar surface area (TPSA) is 74.7 Å². The van der Waals surface area contributed by atoms with Crippen LogP contribution in [0, 0.1) is 5.92 Å². The predicted octanol–water partition coefficient (Wildman–Crippen LogP) is 1.81. The molecule has 106 valence electrons. The van der Waals surface area contributed by atoms with E-state index in [0.717, 1.165) is 0 Å². The molecule has 0 amide bonds. The van der Waals surface area contributed by atoms with E-state index in [1.54, 1.807) is 18.2 Å². The summed E-state index contributed by atoms with van der Waals surface area (Å²) in [5.41, 5.74) is 0. The third kappa shape index (κ3) is 4.04. The monoisotopic (exact) mass is 285 g/mol. The number of hydrogen-bond donors (Lipinski definition) is 1. The first-order chi connectivity index (χ1) is 8.89. The average molecular weight is 285 g/mol. The molecule has 19 heavy (non-hydrogen) atoms. The van der Waals surface area contributed by atoms with Gasteiger partial charge in [0, 0.05) is 13.1 Å². The maximum Gasteiger partial charge on any atom is 0.307 e. The molecule has 0 fully saturated rings. The molecular formula is C13H19NO4S. The maximum atomic E-state index is 12.4. The smallest absolute Gasteiger partial charge is 0.307 e. The van der Waals surface area contributed by atoms with Crippen molar-refractivity contribution < 1.29 is 18.3 Å². The van der Waals surface area contributed by atoms with Crippen molar-refractivity contribution in [1.29, 1.82) is 0 Å². The van der Waals surface area contributed by atoms with Gasteiger partial charge in [-0.05, 0) is 18.6 Å². The average Bonchev–Trinajstić information content (AvgIpc) is 2.39. The van der Waals surface area contributed by atoms with Crippen LogP contribution in [0.4, 0.5) is 0 Å². The van der Waals surface area contributed by atoms with E-state index >= 15 is 0 Å². The lowest BCUT2D eigenvalue weighted by atomic mass is 10.2. The Morgan fingerprint density at radius 2 is 1.89 bits per heavy atom. The van der Waals surface area contributed by atoms with Gasteiger partial charge in [0.05, 0.1) is 10.8 Å². The van der Waals surface area contributed by atoms with Gasteiger partial charge in [-0.2, -0.15) is 4.31 Å². The van der Waals surface area contributed by atoms with E-state index in [9.17, 15) is 13.2 Å². The standard InChI is InChI=1S/C13H19NO4S/c1-3-9-14(10-11(2)13(15)16)19(17,18)12-7-5-4-6-8-12/h4-8,11H,3,9-10H2,1-2H3,(H,15,16). The second kappa shape index (κ2) is 6.68. The van der Waals surface area contributed by atoms with Crippen LogP contribution in [0.3, 0.4) is 0 Å². The Morgan fingerprint density at radius 1 is 1.32 bits per heavy atom. The molecule has 0 bridgehead atoms. The molecule has 6 heteroatoms. The van der Waals surface area contributed by atoms with Crippen molar-refractivity contribution in [2.75, 3.05) is 13.1 Å². The van der Waals surface area contributed by atoms with Crippen LogP contribution in [-0.4, -0.2) is 36.9 Å². The molecule has 0 radical (unpaired) electrons. The minimum Gasteiger partial charge on any atom is -0.481 e. The zero-order chi connectivity index (χ0) is 14.5. The van der Waals surface area contributed by atoms with Crippen molar-refractivity contribution in [3.63, 3.8) is 0 Å². The van der Waals surface area contributed by atoms with Crippen molar-refractivity contribution in [2.24, 2.45) is 5.92 Å². The molecule has 0 aromatic heterocycles. The summed E-state index contributed by atoms with van der Waals surface area (Å²) < 4.78 is 26.1. The number of aliphatic carboxylic acids is 1. The first kappa shape index (κ1) is 15.7. The Morgan fingerprint density at radius 3 is 2.37 bits per heavy atom. The van der Waals surface area contributed by atoms with E-state index < -0.39 is 21.9 Å². The lowest BCUT2D eigenvalue weighted by Crippen LogP contribution is -2.37. The number of sulfonamides is 1. The molecule has 0 aliphatic carbocycles. The molecule has 0 saturated carbocycles. The van der Waals surface area contributed by atoms with E-state index in [1.165, 1.54) is 23.4 Å². The fourth-order valence-corrected chi connectivity index (χ4v) is 3.33. The molecule has 1 N–H and O–H groups in total. The number of carboxylic acid groups (broad SMARTS) is 1. The Labute approximate surface area is 113 Å². The number of rotatable bonds is 7. The van der Waals surface area contributed by atoms with Crippen LogP contribution in [0.15, 0.2) is 35.2 Å². The summed E-state index contributed by atoms with van der Waals surface area (Å²) in [7, 11) is -3.62. The Kier molecular flexibility index (Phi) is 5.50. The van der Waals surface area contributed by atoms with Crippen molar-refractivity contribution in [3.8, 4) is 0 Å². The van der Waals surface area contributed by atoms with E-state index in [4.69, 9.17) is 5.11 Å². The van der Waals surface area contributed by atoms with Crippen LogP contribution in [0.1, 0.15) is 20.3 Å². The number of hydrogen-bond acceptors (Lipinski definition) is 3. The summed E-state index contributed by atoms with van der Waals surface area (Å²) in [4.78, 5) is 11.1. The van der Waals surface area contributed by atoms with E-state index in [-0.39, 0.29) is 11.4 Å². The van der Waals surface area contributed by atoms with Gasteiger partial charge in [-0.1, -0.05) is 32.0 Å². The molecule has 1 aromatic rings. The van der Waals surface area contributed by atoms with Crippen molar-refractivity contribution in [2.45, 2.75) is 25.2 Å². The number of carboxylic acids is 1. The molecule has 1 rings (SSSR count). The summed E-state index contributed by atoms with van der Waals surface area (Å²) in [6.07, 6.45) is 0.637. The minimum absolute atomic E-state index is 0.0135. The first-order valence-electron chi connectivity index (χ1n) is 6.17. The zero-order valence-corrected chi connectivity index (χ0v) is 11.9. The van der Waals surface area contributed by atoms with Crippen LogP contribution >= 0.6 is 0 Å². The summed E-state index contributed by atoms with van der Waals surface area (Å²) in [6, 6.07) is 8.07. The van der Waals surface area contributed by atoms with Gasteiger partial charge in [0.25, 0.3) is 0 Å². The highest BCUT2D eigenvalue weighted by Gasteiger charge is 2.27. The van der Waals surface area contributed by atoms with Gasteiger partial charge >= 0.3 is 5.97 Å². The van der Waals surface area contributed by atoms with Gasteiger partial charge in [0.1, 0.15) is 0 Å². The van der Waals surface area contributed by atoms with Crippen LogP contribution in [-0.2, 0) is 14.8 Å². The predicted molar refractivity (Wildman–Crippen MR) is 72.3 cm³/mol. The second-order valence-electron chi connectivity index (χ2n) is 4.42. The summed E-state index contributed by atoms with van der Waals surface area (Å²) in [6.45, 7) is 3.67. The Balaban J connectivity index is 3.01. The van der Waals surface area contributed by atoms with Gasteiger partial charge in [0.2, 0.25) is 10.0 Å². The SMILES string of the molecule is CCCN(CC(C)C(=O)O)S(=O)(=O)c1ccccc1. The van der Waals surface area contributed by atoms with E-state index in [1.807, 2.05) is 6.92 Å². The summed E-state index contributed by atoms with van der Waals surface area (Å²) in [5.74, 6) is -1.73. The highest BCUT2D eigenvalue weighted by atomic mass is 32.2. The molecule has 1 aromatic carbocycles. The van der Waals surface area contributed by atoms with Crippen LogP contribution in [0.5, 0.6) is 0 Å². The minimum atomic E-state index is -3.62. The van der Waals surface area contributed by atoms with Gasteiger partial charge < -0.3 is 5.11 Å². The van der Waals surface area contributed by atoms with E-state index in [2.05, 4.69) is 0 Å². The molecule has 0 heterocycles. The van der Waals surface area contributed by atoms with Crippen LogP contribution < -0.4 is 0 Å². The number of benzene rings is 1. The Hall–Kier alpha value is -1.40. The van der Waals surface area contributed by atoms with Crippen molar-refractivity contribution in [1.82, 2.24) is 4.31 Å². The fourth-order valence-electron chi connectivity index (χ4n) is 1.68. The number of carbonyl (C=O) groups is 1. The molecule has 5 nitrogen and oxygen atoms in total. The van der Waals surface area contributed by atoms with E-state index in [0.29, 0.717) is 13.0 Å². The highest BCUT2D eigenvalue weighted by molar-refractivity contribution is 7.89. The van der Waals surface area contributed by atoms with Crippen LogP contribution in [0.25, 0.3) is 0 Å². The molecule has 0 aliphatic rings. The highest BCUT2D eigenvalue weighted by Crippen LogP contribution is 2.17. The van der Waals surface area contributed by atoms with Crippen molar-refractivity contribution >= 4 is 16.0 Å². The molecule has 0 saturated heterocycles. The Bertz CT molecular complexity index is 513. The first-order valence-corrected chi connectivity index (χ1v) is 7.61. The fraction of sp³-hybridized carbons (Fsp3) is 0.462. The van der Waals surface area contributed by atoms with Crippen LogP contribution in [0.2, 0.25) is 0 Å². The molecule has 0 aliphatic heterocycles. The normalized spacial score (nSPS) is 13.4. The largest absolute Gasteiger partial charge is 0.481 e. The van der Waals surface area contributed by atoms with Gasteiger partial charge in [-0.25, -0.2) is 8.42 Å². The lowest BCUT2D eigenvalue weighted by Gasteiger charge is -2.23. The van der Waals surface area contributed by atoms with Gasteiger partial charge in [-0.15, -0.1) is 0 Å². The molecule has 1 unspecified atom stereocenters. The third-order valence-corrected chi connectivity index (χ3v) is 4.63. The summed E-state index contributed by atoms with van der Waals surface area (Å²) >= 11 is 0. The lowest BCUT2D eigenvalue weighted by molar-refractivity contribution is -0.141. The maximum absolute atomic E-state index is 12.4. The number of nitrogens with zero attached hydrogens (tertiary/aromatic N) is 1. The van der Waals surface area contributed by atoms with Gasteiger partial charge in [0.15, 0.2) is 0 Å². The third-order valence-electron chi connectivity index (χ3n) is 2.75.